The molecule has 0 heterocycles. The lowest BCUT2D eigenvalue weighted by molar-refractivity contribution is -0.198. The van der Waals surface area contributed by atoms with Gasteiger partial charge in [0, 0.05) is 24.4 Å². The van der Waals surface area contributed by atoms with E-state index in [1.807, 2.05) is 0 Å². The smallest absolute Gasteiger partial charge is 0.233 e. The molecule has 0 atom stereocenters. The first-order valence-electron chi connectivity index (χ1n) is 5.88. The van der Waals surface area contributed by atoms with Crippen LogP contribution in [0, 0.1) is 10.8 Å². The minimum Gasteiger partial charge on any atom is -0.382 e. The molecule has 0 radical (unpaired) electrons. The molecule has 17 heavy (non-hydrogen) atoms. The lowest BCUT2D eigenvalue weighted by atomic mass is 9.35. The maximum Gasteiger partial charge on any atom is 0.233 e. The fourth-order valence-electron chi connectivity index (χ4n) is 3.55. The van der Waals surface area contributed by atoms with Gasteiger partial charge in [0.25, 0.3) is 0 Å². The zero-order chi connectivity index (χ0) is 12.6. The van der Waals surface area contributed by atoms with Crippen LogP contribution in [0.2, 0.25) is 0 Å². The van der Waals surface area contributed by atoms with E-state index in [1.54, 1.807) is 7.11 Å². The van der Waals surface area contributed by atoms with Gasteiger partial charge in [-0.15, -0.1) is 0 Å². The molecular formula is C11H19ClO4S. The third kappa shape index (κ3) is 3.13. The lowest BCUT2D eigenvalue weighted by Gasteiger charge is -2.71. The molecule has 0 aromatic heterocycles. The summed E-state index contributed by atoms with van der Waals surface area (Å²) in [5.74, 6) is 0.147. The van der Waals surface area contributed by atoms with Gasteiger partial charge in [-0.05, 0) is 36.5 Å². The molecule has 0 aromatic rings. The molecular weight excluding hydrogens is 264 g/mol. The van der Waals surface area contributed by atoms with Gasteiger partial charge < -0.3 is 9.47 Å². The van der Waals surface area contributed by atoms with Gasteiger partial charge in [0.2, 0.25) is 9.05 Å². The molecule has 3 fully saturated rings. The molecule has 3 saturated carbocycles. The lowest BCUT2D eigenvalue weighted by Crippen LogP contribution is -2.64. The topological polar surface area (TPSA) is 52.6 Å². The Morgan fingerprint density at radius 1 is 1.12 bits per heavy atom. The predicted molar refractivity (Wildman–Crippen MR) is 65.7 cm³/mol. The SMILES string of the molecule is COCCOCCC12CC(CS(=O)(=O)Cl)(C1)C2. The number of methoxy groups -OCH3 is 1. The maximum atomic E-state index is 11.0. The third-order valence-corrected chi connectivity index (χ3v) is 5.22. The molecule has 0 aliphatic heterocycles. The van der Waals surface area contributed by atoms with Gasteiger partial charge in [-0.3, -0.25) is 0 Å². The highest BCUT2D eigenvalue weighted by molar-refractivity contribution is 8.13. The average Bonchev–Trinajstić information content (AvgIpc) is 2.09. The summed E-state index contributed by atoms with van der Waals surface area (Å²) in [4.78, 5) is 0. The Morgan fingerprint density at radius 2 is 1.76 bits per heavy atom. The number of hydrogen-bond donors (Lipinski definition) is 0. The van der Waals surface area contributed by atoms with Gasteiger partial charge in [0.15, 0.2) is 0 Å². The third-order valence-electron chi connectivity index (χ3n) is 3.94. The molecule has 2 bridgehead atoms. The van der Waals surface area contributed by atoms with E-state index in [0.29, 0.717) is 18.6 Å². The molecule has 100 valence electrons. The van der Waals surface area contributed by atoms with Crippen LogP contribution in [0.1, 0.15) is 25.7 Å². The fraction of sp³-hybridized carbons (Fsp3) is 1.00. The molecule has 3 rings (SSSR count). The molecule has 0 N–H and O–H groups in total. The van der Waals surface area contributed by atoms with Crippen LogP contribution in [-0.4, -0.2) is 41.1 Å². The summed E-state index contributed by atoms with van der Waals surface area (Å²) in [6, 6.07) is 0. The summed E-state index contributed by atoms with van der Waals surface area (Å²) in [6.07, 6.45) is 4.03. The molecule has 0 aromatic carbocycles. The Morgan fingerprint density at radius 3 is 2.29 bits per heavy atom. The van der Waals surface area contributed by atoms with Gasteiger partial charge in [-0.2, -0.15) is 0 Å². The molecule has 3 aliphatic carbocycles. The molecule has 3 aliphatic rings. The van der Waals surface area contributed by atoms with Crippen LogP contribution >= 0.6 is 10.7 Å². The van der Waals surface area contributed by atoms with E-state index >= 15 is 0 Å². The second kappa shape index (κ2) is 4.68. The van der Waals surface area contributed by atoms with Crippen molar-refractivity contribution < 1.29 is 17.9 Å². The number of rotatable bonds is 8. The van der Waals surface area contributed by atoms with Crippen LogP contribution in [0.3, 0.4) is 0 Å². The predicted octanol–water partition coefficient (Wildman–Crippen LogP) is 1.78. The summed E-state index contributed by atoms with van der Waals surface area (Å²) in [5, 5.41) is 0. The van der Waals surface area contributed by atoms with Crippen LogP contribution in [0.4, 0.5) is 0 Å². The van der Waals surface area contributed by atoms with Crippen molar-refractivity contribution >= 4 is 19.7 Å². The largest absolute Gasteiger partial charge is 0.382 e. The van der Waals surface area contributed by atoms with E-state index in [0.717, 1.165) is 32.3 Å². The summed E-state index contributed by atoms with van der Waals surface area (Å²) in [5.41, 5.74) is 0.363. The van der Waals surface area contributed by atoms with E-state index in [4.69, 9.17) is 20.2 Å². The van der Waals surface area contributed by atoms with Gasteiger partial charge in [0.1, 0.15) is 0 Å². The van der Waals surface area contributed by atoms with Crippen molar-refractivity contribution in [3.8, 4) is 0 Å². The van der Waals surface area contributed by atoms with Crippen molar-refractivity contribution in [1.82, 2.24) is 0 Å². The Hall–Kier alpha value is 0.160. The molecule has 6 heteroatoms. The van der Waals surface area contributed by atoms with E-state index in [2.05, 4.69) is 0 Å². The van der Waals surface area contributed by atoms with E-state index in [9.17, 15) is 8.42 Å². The standard InChI is InChI=1S/C11H19ClO4S/c1-15-4-5-16-3-2-10-6-11(7-10,8-10)9-17(12,13)14/h2-9H2,1H3. The zero-order valence-electron chi connectivity index (χ0n) is 10.1. The Labute approximate surface area is 107 Å². The van der Waals surface area contributed by atoms with E-state index < -0.39 is 9.05 Å². The minimum absolute atomic E-state index is 0.00706. The Kier molecular flexibility index (Phi) is 3.74. The highest BCUT2D eigenvalue weighted by Crippen LogP contribution is 2.75. The number of ether oxygens (including phenoxy) is 2. The van der Waals surface area contributed by atoms with Crippen molar-refractivity contribution in [1.29, 1.82) is 0 Å². The number of halogens is 1. The van der Waals surface area contributed by atoms with Gasteiger partial charge in [0.05, 0.1) is 19.0 Å². The van der Waals surface area contributed by atoms with Gasteiger partial charge >= 0.3 is 0 Å². The normalized spacial score (nSPS) is 35.2. The van der Waals surface area contributed by atoms with E-state index in [-0.39, 0.29) is 11.2 Å². The van der Waals surface area contributed by atoms with Crippen molar-refractivity contribution in [2.24, 2.45) is 10.8 Å². The highest BCUT2D eigenvalue weighted by Gasteiger charge is 2.67. The highest BCUT2D eigenvalue weighted by atomic mass is 35.7. The first-order valence-corrected chi connectivity index (χ1v) is 8.36. The first kappa shape index (κ1) is 13.6. The second-order valence-corrected chi connectivity index (χ2v) is 8.35. The molecule has 0 unspecified atom stereocenters. The van der Waals surface area contributed by atoms with Gasteiger partial charge in [-0.25, -0.2) is 8.42 Å². The summed E-state index contributed by atoms with van der Waals surface area (Å²) < 4.78 is 32.4. The van der Waals surface area contributed by atoms with E-state index in [1.165, 1.54) is 0 Å². The first-order chi connectivity index (χ1) is 7.89. The monoisotopic (exact) mass is 282 g/mol. The van der Waals surface area contributed by atoms with Crippen molar-refractivity contribution in [2.75, 3.05) is 32.7 Å². The summed E-state index contributed by atoms with van der Waals surface area (Å²) in [6.45, 7) is 2.00. The zero-order valence-corrected chi connectivity index (χ0v) is 11.6. The number of hydrogen-bond acceptors (Lipinski definition) is 4. The average molecular weight is 283 g/mol. The van der Waals surface area contributed by atoms with Crippen LogP contribution in [0.15, 0.2) is 0 Å². The van der Waals surface area contributed by atoms with Crippen LogP contribution in [0.25, 0.3) is 0 Å². The second-order valence-electron chi connectivity index (χ2n) is 5.57. The quantitative estimate of drug-likeness (QED) is 0.503. The summed E-state index contributed by atoms with van der Waals surface area (Å²) >= 11 is 0. The van der Waals surface area contributed by atoms with Gasteiger partial charge in [-0.1, -0.05) is 0 Å². The minimum atomic E-state index is -3.34. The van der Waals surface area contributed by atoms with Crippen molar-refractivity contribution in [3.05, 3.63) is 0 Å². The van der Waals surface area contributed by atoms with Crippen LogP contribution < -0.4 is 0 Å². The molecule has 0 spiro atoms. The Bertz CT molecular complexity index is 359. The molecule has 0 saturated heterocycles. The van der Waals surface area contributed by atoms with Crippen LogP contribution in [0.5, 0.6) is 0 Å². The fourth-order valence-corrected chi connectivity index (χ4v) is 5.28. The summed E-state index contributed by atoms with van der Waals surface area (Å²) in [7, 11) is 3.61. The molecule has 0 amide bonds. The maximum absolute atomic E-state index is 11.0. The molecule has 4 nitrogen and oxygen atoms in total. The van der Waals surface area contributed by atoms with Crippen LogP contribution in [-0.2, 0) is 18.5 Å². The van der Waals surface area contributed by atoms with Crippen molar-refractivity contribution in [2.45, 2.75) is 25.7 Å². The Balaban J connectivity index is 1.62. The van der Waals surface area contributed by atoms with Crippen molar-refractivity contribution in [3.63, 3.8) is 0 Å².